The Labute approximate surface area is 131 Å². The van der Waals surface area contributed by atoms with Gasteiger partial charge in [0.05, 0.1) is 6.61 Å². The minimum Gasteiger partial charge on any atom is -0.475 e. The van der Waals surface area contributed by atoms with Crippen LogP contribution in [0.5, 0.6) is 5.88 Å². The van der Waals surface area contributed by atoms with E-state index in [9.17, 15) is 8.42 Å². The number of anilines is 1. The van der Waals surface area contributed by atoms with E-state index >= 15 is 0 Å². The molecule has 0 radical (unpaired) electrons. The molecule has 2 heterocycles. The molecule has 9 heteroatoms. The van der Waals surface area contributed by atoms with Crippen LogP contribution in [0.3, 0.4) is 0 Å². The molecule has 2 rings (SSSR count). The summed E-state index contributed by atoms with van der Waals surface area (Å²) in [7, 11) is 1.27. The fourth-order valence-electron chi connectivity index (χ4n) is 2.45. The number of nitrogens with zero attached hydrogens (tertiary/aromatic N) is 5. The van der Waals surface area contributed by atoms with E-state index in [4.69, 9.17) is 4.74 Å². The smallest absolute Gasteiger partial charge is 0.281 e. The number of aromatic nitrogens is 2. The number of likely N-dealkylation sites (N-methyl/N-ethyl adjacent to an activating group) is 1. The van der Waals surface area contributed by atoms with Crippen molar-refractivity contribution in [2.24, 2.45) is 0 Å². The van der Waals surface area contributed by atoms with Gasteiger partial charge in [-0.25, -0.2) is 9.97 Å². The van der Waals surface area contributed by atoms with Gasteiger partial charge < -0.3 is 9.64 Å². The molecule has 0 amide bonds. The topological polar surface area (TPSA) is 78.9 Å². The third-order valence-electron chi connectivity index (χ3n) is 3.73. The monoisotopic (exact) mass is 329 g/mol. The van der Waals surface area contributed by atoms with Gasteiger partial charge in [0.15, 0.2) is 5.82 Å². The Balaban J connectivity index is 2.14. The van der Waals surface area contributed by atoms with Crippen LogP contribution >= 0.6 is 0 Å². The molecule has 1 aromatic heterocycles. The third-order valence-corrected chi connectivity index (χ3v) is 5.68. The Morgan fingerprint density at radius 1 is 1.32 bits per heavy atom. The lowest BCUT2D eigenvalue weighted by atomic mass is 10.3. The van der Waals surface area contributed by atoms with Gasteiger partial charge in [0.2, 0.25) is 0 Å². The summed E-state index contributed by atoms with van der Waals surface area (Å²) in [5.74, 6) is 1.16. The van der Waals surface area contributed by atoms with Crippen LogP contribution < -0.4 is 9.64 Å². The van der Waals surface area contributed by atoms with E-state index in [1.807, 2.05) is 11.8 Å². The summed E-state index contributed by atoms with van der Waals surface area (Å²) >= 11 is 0. The molecular weight excluding hydrogens is 306 g/mol. The van der Waals surface area contributed by atoms with E-state index in [1.165, 1.54) is 22.7 Å². The van der Waals surface area contributed by atoms with Gasteiger partial charge in [0.25, 0.3) is 16.1 Å². The van der Waals surface area contributed by atoms with E-state index < -0.39 is 10.2 Å². The van der Waals surface area contributed by atoms with E-state index in [0.717, 1.165) is 13.0 Å². The minimum absolute atomic E-state index is 0.0936. The highest BCUT2D eigenvalue weighted by Gasteiger charge is 2.34. The van der Waals surface area contributed by atoms with Crippen molar-refractivity contribution in [2.45, 2.75) is 19.4 Å². The zero-order valence-electron chi connectivity index (χ0n) is 13.4. The molecule has 0 bridgehead atoms. The van der Waals surface area contributed by atoms with Gasteiger partial charge in [-0.1, -0.05) is 0 Å². The molecular formula is C13H23N5O3S. The molecule has 0 spiro atoms. The molecule has 1 saturated heterocycles. The van der Waals surface area contributed by atoms with Gasteiger partial charge in [-0.2, -0.15) is 17.0 Å². The Morgan fingerprint density at radius 3 is 2.64 bits per heavy atom. The van der Waals surface area contributed by atoms with Crippen LogP contribution in [0.15, 0.2) is 12.4 Å². The molecule has 0 saturated carbocycles. The molecule has 0 aliphatic carbocycles. The normalized spacial score (nSPS) is 19.2. The highest BCUT2D eigenvalue weighted by atomic mass is 32.2. The maximum absolute atomic E-state index is 12.2. The summed E-state index contributed by atoms with van der Waals surface area (Å²) < 4.78 is 32.6. The van der Waals surface area contributed by atoms with Gasteiger partial charge in [-0.05, 0) is 13.3 Å². The molecule has 124 valence electrons. The van der Waals surface area contributed by atoms with Gasteiger partial charge in [0, 0.05) is 52.7 Å². The minimum atomic E-state index is -3.41. The molecule has 8 nitrogen and oxygen atoms in total. The molecule has 0 aromatic carbocycles. The van der Waals surface area contributed by atoms with Gasteiger partial charge in [-0.3, -0.25) is 0 Å². The van der Waals surface area contributed by atoms with Crippen molar-refractivity contribution in [1.82, 2.24) is 18.6 Å². The van der Waals surface area contributed by atoms with E-state index in [-0.39, 0.29) is 6.04 Å². The average Bonchev–Trinajstić information content (AvgIpc) is 2.96. The van der Waals surface area contributed by atoms with Crippen LogP contribution in [0.2, 0.25) is 0 Å². The van der Waals surface area contributed by atoms with Crippen LogP contribution in [0, 0.1) is 0 Å². The van der Waals surface area contributed by atoms with Crippen molar-refractivity contribution in [1.29, 1.82) is 0 Å². The van der Waals surface area contributed by atoms with Crippen molar-refractivity contribution in [2.75, 3.05) is 45.7 Å². The summed E-state index contributed by atoms with van der Waals surface area (Å²) in [4.78, 5) is 10.5. The highest BCUT2D eigenvalue weighted by molar-refractivity contribution is 7.86. The molecule has 0 N–H and O–H groups in total. The third kappa shape index (κ3) is 3.31. The first kappa shape index (κ1) is 16.9. The molecule has 1 atom stereocenters. The Kier molecular flexibility index (Phi) is 5.20. The fraction of sp³-hybridized carbons (Fsp3) is 0.692. The fourth-order valence-corrected chi connectivity index (χ4v) is 3.51. The van der Waals surface area contributed by atoms with E-state index in [0.29, 0.717) is 24.8 Å². The summed E-state index contributed by atoms with van der Waals surface area (Å²) in [5, 5.41) is 0. The molecule has 1 aliphatic rings. The van der Waals surface area contributed by atoms with Gasteiger partial charge >= 0.3 is 0 Å². The molecule has 0 unspecified atom stereocenters. The van der Waals surface area contributed by atoms with E-state index in [2.05, 4.69) is 9.97 Å². The number of rotatable bonds is 6. The van der Waals surface area contributed by atoms with Crippen LogP contribution in [-0.4, -0.2) is 73.9 Å². The first-order chi connectivity index (χ1) is 10.4. The zero-order valence-corrected chi connectivity index (χ0v) is 14.2. The maximum Gasteiger partial charge on any atom is 0.281 e. The molecule has 1 aromatic rings. The molecule has 22 heavy (non-hydrogen) atoms. The summed E-state index contributed by atoms with van der Waals surface area (Å²) in [6.07, 6.45) is 3.95. The average molecular weight is 329 g/mol. The second-order valence-corrected chi connectivity index (χ2v) is 7.51. The second-order valence-electron chi connectivity index (χ2n) is 5.31. The van der Waals surface area contributed by atoms with Crippen molar-refractivity contribution in [3.05, 3.63) is 12.4 Å². The van der Waals surface area contributed by atoms with Crippen molar-refractivity contribution >= 4 is 16.0 Å². The predicted molar refractivity (Wildman–Crippen MR) is 84.2 cm³/mol. The number of hydrogen-bond acceptors (Lipinski definition) is 6. The van der Waals surface area contributed by atoms with Crippen LogP contribution in [0.1, 0.15) is 13.3 Å². The SMILES string of the molecule is CCOc1nccnc1N1CC[C@H](N(C)S(=O)(=O)N(C)C)C1. The van der Waals surface area contributed by atoms with Crippen LogP contribution in [0.25, 0.3) is 0 Å². The van der Waals surface area contributed by atoms with Crippen LogP contribution in [-0.2, 0) is 10.2 Å². The lowest BCUT2D eigenvalue weighted by Crippen LogP contribution is -2.44. The number of hydrogen-bond donors (Lipinski definition) is 0. The van der Waals surface area contributed by atoms with Crippen molar-refractivity contribution in [3.8, 4) is 5.88 Å². The second kappa shape index (κ2) is 6.76. The Hall–Kier alpha value is -1.45. The first-order valence-electron chi connectivity index (χ1n) is 7.22. The maximum atomic E-state index is 12.2. The Morgan fingerprint density at radius 2 is 2.00 bits per heavy atom. The first-order valence-corrected chi connectivity index (χ1v) is 8.61. The van der Waals surface area contributed by atoms with Crippen LogP contribution in [0.4, 0.5) is 5.82 Å². The summed E-state index contributed by atoms with van der Waals surface area (Å²) in [5.41, 5.74) is 0. The van der Waals surface area contributed by atoms with E-state index in [1.54, 1.807) is 19.4 Å². The molecule has 1 fully saturated rings. The van der Waals surface area contributed by atoms with Gasteiger partial charge in [-0.15, -0.1) is 0 Å². The van der Waals surface area contributed by atoms with Crippen molar-refractivity contribution in [3.63, 3.8) is 0 Å². The standard InChI is InChI=1S/C13H23N5O3S/c1-5-21-13-12(14-7-8-15-13)18-9-6-11(10-18)17(4)22(19,20)16(2)3/h7-8,11H,5-6,9-10H2,1-4H3/t11-/m0/s1. The zero-order chi connectivity index (χ0) is 16.3. The van der Waals surface area contributed by atoms with Gasteiger partial charge in [0.1, 0.15) is 0 Å². The number of ether oxygens (including phenoxy) is 1. The predicted octanol–water partition coefficient (Wildman–Crippen LogP) is 0.192. The van der Waals surface area contributed by atoms with Crippen molar-refractivity contribution < 1.29 is 13.2 Å². The lowest BCUT2D eigenvalue weighted by Gasteiger charge is -2.27. The summed E-state index contributed by atoms with van der Waals surface area (Å²) in [6.45, 7) is 3.69. The quantitative estimate of drug-likeness (QED) is 0.741. The highest BCUT2D eigenvalue weighted by Crippen LogP contribution is 2.28. The largest absolute Gasteiger partial charge is 0.475 e. The molecule has 1 aliphatic heterocycles. The summed E-state index contributed by atoms with van der Waals surface area (Å²) in [6, 6.07) is -0.0936. The lowest BCUT2D eigenvalue weighted by molar-refractivity contribution is 0.325. The Bertz CT molecular complexity index is 607.